The first-order valence-corrected chi connectivity index (χ1v) is 6.03. The van der Waals surface area contributed by atoms with Crippen LogP contribution >= 0.6 is 11.6 Å². The Bertz CT molecular complexity index is 670. The molecule has 0 aliphatic rings. The lowest BCUT2D eigenvalue weighted by Gasteiger charge is -2.04. The molecule has 0 unspecified atom stereocenters. The zero-order chi connectivity index (χ0) is 14.7. The van der Waals surface area contributed by atoms with Crippen LogP contribution in [0.3, 0.4) is 0 Å². The van der Waals surface area contributed by atoms with E-state index in [1.165, 1.54) is 18.5 Å². The van der Waals surface area contributed by atoms with Crippen molar-refractivity contribution >= 4 is 28.9 Å². The molecule has 1 amide bonds. The zero-order valence-corrected chi connectivity index (χ0v) is 11.2. The van der Waals surface area contributed by atoms with Crippen LogP contribution in [0.25, 0.3) is 0 Å². The largest absolute Gasteiger partial charge is 0.319 e. The van der Waals surface area contributed by atoms with Gasteiger partial charge >= 0.3 is 5.69 Å². The molecule has 2 aromatic heterocycles. The van der Waals surface area contributed by atoms with Crippen molar-refractivity contribution < 1.29 is 9.72 Å². The number of halogens is 1. The minimum absolute atomic E-state index is 0.153. The fraction of sp³-hybridized carbons (Fsp3) is 0.182. The lowest BCUT2D eigenvalue weighted by Crippen LogP contribution is -2.14. The minimum Gasteiger partial charge on any atom is -0.319 e. The standard InChI is InChI=1S/C11H10ClN5O3/c1-2-16-6-7(5-14-16)15-11(18)8-3-4-13-10(12)9(8)17(19)20/h3-6H,2H2,1H3,(H,15,18). The number of aryl methyl sites for hydroxylation is 1. The highest BCUT2D eigenvalue weighted by molar-refractivity contribution is 6.32. The van der Waals surface area contributed by atoms with Crippen molar-refractivity contribution in [2.75, 3.05) is 5.32 Å². The van der Waals surface area contributed by atoms with Crippen molar-refractivity contribution in [1.29, 1.82) is 0 Å². The molecule has 0 saturated heterocycles. The molecular weight excluding hydrogens is 286 g/mol. The van der Waals surface area contributed by atoms with Crippen molar-refractivity contribution in [3.8, 4) is 0 Å². The molecule has 0 aliphatic carbocycles. The zero-order valence-electron chi connectivity index (χ0n) is 10.4. The van der Waals surface area contributed by atoms with Crippen molar-refractivity contribution in [1.82, 2.24) is 14.8 Å². The van der Waals surface area contributed by atoms with E-state index >= 15 is 0 Å². The molecule has 0 spiro atoms. The summed E-state index contributed by atoms with van der Waals surface area (Å²) in [6.07, 6.45) is 4.31. The van der Waals surface area contributed by atoms with E-state index in [9.17, 15) is 14.9 Å². The molecular formula is C11H10ClN5O3. The van der Waals surface area contributed by atoms with Gasteiger partial charge in [-0.25, -0.2) is 4.98 Å². The highest BCUT2D eigenvalue weighted by Crippen LogP contribution is 2.26. The van der Waals surface area contributed by atoms with Gasteiger partial charge in [-0.3, -0.25) is 19.6 Å². The van der Waals surface area contributed by atoms with E-state index in [4.69, 9.17) is 11.6 Å². The van der Waals surface area contributed by atoms with Crippen LogP contribution in [-0.4, -0.2) is 25.6 Å². The molecule has 0 aromatic carbocycles. The van der Waals surface area contributed by atoms with Crippen LogP contribution in [0.5, 0.6) is 0 Å². The van der Waals surface area contributed by atoms with Crippen molar-refractivity contribution in [2.45, 2.75) is 13.5 Å². The fourth-order valence-electron chi connectivity index (χ4n) is 1.58. The second-order valence-electron chi connectivity index (χ2n) is 3.79. The Kier molecular flexibility index (Phi) is 3.94. The number of anilines is 1. The minimum atomic E-state index is -0.736. The number of amides is 1. The van der Waals surface area contributed by atoms with Crippen LogP contribution in [-0.2, 0) is 6.54 Å². The number of nitro groups is 1. The number of rotatable bonds is 4. The molecule has 20 heavy (non-hydrogen) atoms. The Hall–Kier alpha value is -2.48. The highest BCUT2D eigenvalue weighted by Gasteiger charge is 2.25. The predicted octanol–water partition coefficient (Wildman–Crippen LogP) is 2.11. The van der Waals surface area contributed by atoms with Gasteiger partial charge in [-0.1, -0.05) is 11.6 Å². The average molecular weight is 296 g/mol. The monoisotopic (exact) mass is 295 g/mol. The second kappa shape index (κ2) is 5.66. The maximum atomic E-state index is 12.1. The van der Waals surface area contributed by atoms with E-state index in [-0.39, 0.29) is 10.7 Å². The normalized spacial score (nSPS) is 10.3. The molecule has 0 bridgehead atoms. The Morgan fingerprint density at radius 3 is 2.95 bits per heavy atom. The molecule has 2 aromatic rings. The quantitative estimate of drug-likeness (QED) is 0.528. The number of hydrogen-bond acceptors (Lipinski definition) is 5. The molecule has 2 rings (SSSR count). The first-order valence-electron chi connectivity index (χ1n) is 5.65. The first kappa shape index (κ1) is 13.9. The molecule has 0 saturated carbocycles. The Labute approximate surface area is 118 Å². The van der Waals surface area contributed by atoms with E-state index in [1.54, 1.807) is 10.9 Å². The van der Waals surface area contributed by atoms with Crippen molar-refractivity contribution in [3.63, 3.8) is 0 Å². The lowest BCUT2D eigenvalue weighted by molar-refractivity contribution is -0.385. The molecule has 0 aliphatic heterocycles. The van der Waals surface area contributed by atoms with Gasteiger partial charge in [-0.15, -0.1) is 0 Å². The summed E-state index contributed by atoms with van der Waals surface area (Å²) in [5, 5.41) is 17.1. The lowest BCUT2D eigenvalue weighted by atomic mass is 10.2. The van der Waals surface area contributed by atoms with Crippen molar-refractivity contribution in [2.24, 2.45) is 0 Å². The smallest absolute Gasteiger partial charge is 0.319 e. The van der Waals surface area contributed by atoms with Crippen LogP contribution in [0.15, 0.2) is 24.7 Å². The van der Waals surface area contributed by atoms with Gasteiger partial charge in [-0.2, -0.15) is 5.10 Å². The Morgan fingerprint density at radius 2 is 2.35 bits per heavy atom. The van der Waals surface area contributed by atoms with Gasteiger partial charge in [0.25, 0.3) is 5.91 Å². The third-order valence-corrected chi connectivity index (χ3v) is 2.80. The second-order valence-corrected chi connectivity index (χ2v) is 4.15. The maximum Gasteiger partial charge on any atom is 0.319 e. The van der Waals surface area contributed by atoms with Gasteiger partial charge in [0.15, 0.2) is 0 Å². The number of carbonyl (C=O) groups is 1. The highest BCUT2D eigenvalue weighted by atomic mass is 35.5. The van der Waals surface area contributed by atoms with Crippen LogP contribution < -0.4 is 5.32 Å². The number of nitrogens with one attached hydrogen (secondary N) is 1. The number of carbonyl (C=O) groups excluding carboxylic acids is 1. The summed E-state index contributed by atoms with van der Waals surface area (Å²) >= 11 is 5.65. The molecule has 1 N–H and O–H groups in total. The van der Waals surface area contributed by atoms with Gasteiger partial charge in [0, 0.05) is 18.9 Å². The number of pyridine rings is 1. The number of hydrogen-bond donors (Lipinski definition) is 1. The number of aromatic nitrogens is 3. The molecule has 0 radical (unpaired) electrons. The van der Waals surface area contributed by atoms with Crippen LogP contribution in [0.1, 0.15) is 17.3 Å². The molecule has 104 valence electrons. The van der Waals surface area contributed by atoms with E-state index < -0.39 is 16.5 Å². The van der Waals surface area contributed by atoms with E-state index in [1.807, 2.05) is 6.92 Å². The Balaban J connectivity index is 2.29. The predicted molar refractivity (Wildman–Crippen MR) is 71.8 cm³/mol. The summed E-state index contributed by atoms with van der Waals surface area (Å²) in [4.78, 5) is 25.8. The third kappa shape index (κ3) is 2.75. The summed E-state index contributed by atoms with van der Waals surface area (Å²) < 4.78 is 1.61. The molecule has 0 atom stereocenters. The summed E-state index contributed by atoms with van der Waals surface area (Å²) in [6.45, 7) is 2.54. The fourth-order valence-corrected chi connectivity index (χ4v) is 1.81. The Morgan fingerprint density at radius 1 is 1.60 bits per heavy atom. The van der Waals surface area contributed by atoms with Crippen LogP contribution in [0.4, 0.5) is 11.4 Å². The summed E-state index contributed by atoms with van der Waals surface area (Å²) in [5.41, 5.74) is -0.229. The SMILES string of the molecule is CCn1cc(NC(=O)c2ccnc(Cl)c2[N+](=O)[O-])cn1. The molecule has 2 heterocycles. The van der Waals surface area contributed by atoms with Gasteiger partial charge in [-0.05, 0) is 13.0 Å². The van der Waals surface area contributed by atoms with E-state index in [0.29, 0.717) is 12.2 Å². The van der Waals surface area contributed by atoms with Gasteiger partial charge in [0.1, 0.15) is 5.56 Å². The summed E-state index contributed by atoms with van der Waals surface area (Å²) in [5.74, 6) is -0.642. The summed E-state index contributed by atoms with van der Waals surface area (Å²) in [6, 6.07) is 1.24. The molecule has 8 nitrogen and oxygen atoms in total. The van der Waals surface area contributed by atoms with Gasteiger partial charge in [0.05, 0.1) is 16.8 Å². The van der Waals surface area contributed by atoms with E-state index in [0.717, 1.165) is 0 Å². The van der Waals surface area contributed by atoms with Crippen LogP contribution in [0, 0.1) is 10.1 Å². The van der Waals surface area contributed by atoms with E-state index in [2.05, 4.69) is 15.4 Å². The maximum absolute atomic E-state index is 12.1. The molecule has 9 heteroatoms. The molecule has 0 fully saturated rings. The van der Waals surface area contributed by atoms with Gasteiger partial charge < -0.3 is 5.32 Å². The first-order chi connectivity index (χ1) is 9.52. The van der Waals surface area contributed by atoms with Crippen LogP contribution in [0.2, 0.25) is 5.15 Å². The third-order valence-electron chi connectivity index (χ3n) is 2.52. The van der Waals surface area contributed by atoms with Gasteiger partial charge in [0.2, 0.25) is 5.15 Å². The topological polar surface area (TPSA) is 103 Å². The summed E-state index contributed by atoms with van der Waals surface area (Å²) in [7, 11) is 0. The van der Waals surface area contributed by atoms with Crippen molar-refractivity contribution in [3.05, 3.63) is 45.5 Å². The number of nitrogens with zero attached hydrogens (tertiary/aromatic N) is 4. The average Bonchev–Trinajstić information content (AvgIpc) is 2.85.